The number of hydrogen-bond donors (Lipinski definition) is 2. The monoisotopic (exact) mass is 330 g/mol. The molecule has 1 aromatic heterocycles. The second kappa shape index (κ2) is 6.61. The number of rotatable bonds is 3. The van der Waals surface area contributed by atoms with Gasteiger partial charge in [0.05, 0.1) is 38.5 Å². The summed E-state index contributed by atoms with van der Waals surface area (Å²) in [6.07, 6.45) is 1.87. The van der Waals surface area contributed by atoms with E-state index in [4.69, 9.17) is 9.47 Å². The van der Waals surface area contributed by atoms with Crippen LogP contribution in [0.4, 0.5) is 10.5 Å². The molecule has 0 spiro atoms. The second-order valence-corrected chi connectivity index (χ2v) is 5.36. The maximum Gasteiger partial charge on any atom is 0.329 e. The zero-order valence-corrected chi connectivity index (χ0v) is 13.4. The lowest BCUT2D eigenvalue weighted by Crippen LogP contribution is -2.50. The first kappa shape index (κ1) is 15.9. The molecule has 1 aromatic carbocycles. The molecule has 8 heteroatoms. The molecule has 1 unspecified atom stereocenters. The summed E-state index contributed by atoms with van der Waals surface area (Å²) in [5.74, 6) is 0.163. The third-order valence-corrected chi connectivity index (χ3v) is 3.95. The predicted octanol–water partition coefficient (Wildman–Crippen LogP) is 1.55. The number of hydrogen-bond acceptors (Lipinski definition) is 5. The zero-order valence-electron chi connectivity index (χ0n) is 13.4. The summed E-state index contributed by atoms with van der Waals surface area (Å²) in [6.45, 7) is 0.255. The molecule has 0 bridgehead atoms. The smallest absolute Gasteiger partial charge is 0.329 e. The fraction of sp³-hybridized carbons (Fsp3) is 0.312. The lowest BCUT2D eigenvalue weighted by Gasteiger charge is -2.33. The van der Waals surface area contributed by atoms with Gasteiger partial charge in [0, 0.05) is 18.2 Å². The van der Waals surface area contributed by atoms with Gasteiger partial charge < -0.3 is 24.7 Å². The summed E-state index contributed by atoms with van der Waals surface area (Å²) < 4.78 is 9.97. The van der Waals surface area contributed by atoms with Gasteiger partial charge in [-0.15, -0.1) is 0 Å². The van der Waals surface area contributed by atoms with Crippen molar-refractivity contribution in [1.29, 1.82) is 0 Å². The van der Waals surface area contributed by atoms with E-state index in [0.29, 0.717) is 17.9 Å². The number of aromatic amines is 1. The number of carbonyl (C=O) groups is 2. The van der Waals surface area contributed by atoms with Crippen molar-refractivity contribution in [2.24, 2.45) is 0 Å². The first-order valence-corrected chi connectivity index (χ1v) is 7.43. The Morgan fingerprint density at radius 1 is 1.38 bits per heavy atom. The minimum Gasteiger partial charge on any atom is -0.497 e. The van der Waals surface area contributed by atoms with Gasteiger partial charge in [0.1, 0.15) is 11.8 Å². The molecule has 0 saturated carbocycles. The van der Waals surface area contributed by atoms with Crippen molar-refractivity contribution in [3.63, 3.8) is 0 Å². The summed E-state index contributed by atoms with van der Waals surface area (Å²) in [5.41, 5.74) is 2.17. The van der Waals surface area contributed by atoms with Crippen LogP contribution in [0.2, 0.25) is 0 Å². The number of H-pyrrole nitrogens is 1. The van der Waals surface area contributed by atoms with Crippen LogP contribution in [0.15, 0.2) is 30.6 Å². The quantitative estimate of drug-likeness (QED) is 0.832. The highest BCUT2D eigenvalue weighted by Gasteiger charge is 2.36. The van der Waals surface area contributed by atoms with Crippen LogP contribution < -0.4 is 10.1 Å². The molecule has 1 atom stereocenters. The fourth-order valence-electron chi connectivity index (χ4n) is 2.69. The number of nitrogens with zero attached hydrogens (tertiary/aromatic N) is 2. The normalized spacial score (nSPS) is 16.2. The number of imidazole rings is 1. The molecule has 2 aromatic rings. The zero-order chi connectivity index (χ0) is 17.1. The SMILES string of the molecule is COC(=O)C1Cc2nc[nH]c2CN1C(=O)Nc1cccc(OC)c1. The topological polar surface area (TPSA) is 96.5 Å². The van der Waals surface area contributed by atoms with Crippen molar-refractivity contribution in [3.8, 4) is 5.75 Å². The molecule has 1 aliphatic rings. The average Bonchev–Trinajstić information content (AvgIpc) is 3.07. The Labute approximate surface area is 138 Å². The minimum atomic E-state index is -0.712. The van der Waals surface area contributed by atoms with E-state index in [1.54, 1.807) is 37.7 Å². The van der Waals surface area contributed by atoms with Crippen LogP contribution in [0.5, 0.6) is 5.75 Å². The van der Waals surface area contributed by atoms with Gasteiger partial charge in [-0.3, -0.25) is 0 Å². The molecule has 2 N–H and O–H groups in total. The van der Waals surface area contributed by atoms with Gasteiger partial charge in [-0.25, -0.2) is 14.6 Å². The maximum absolute atomic E-state index is 12.7. The van der Waals surface area contributed by atoms with Gasteiger partial charge in [0.15, 0.2) is 0 Å². The lowest BCUT2D eigenvalue weighted by molar-refractivity contribution is -0.146. The summed E-state index contributed by atoms with van der Waals surface area (Å²) in [4.78, 5) is 33.3. The van der Waals surface area contributed by atoms with Crippen LogP contribution in [-0.2, 0) is 22.5 Å². The number of benzene rings is 1. The Morgan fingerprint density at radius 2 is 2.21 bits per heavy atom. The van der Waals surface area contributed by atoms with Crippen molar-refractivity contribution < 1.29 is 19.1 Å². The molecule has 0 aliphatic carbocycles. The number of amides is 2. The molecule has 126 valence electrons. The highest BCUT2D eigenvalue weighted by atomic mass is 16.5. The molecule has 0 saturated heterocycles. The number of carbonyl (C=O) groups excluding carboxylic acids is 2. The fourth-order valence-corrected chi connectivity index (χ4v) is 2.69. The Kier molecular flexibility index (Phi) is 4.37. The molecule has 2 heterocycles. The van der Waals surface area contributed by atoms with Crippen LogP contribution in [0.1, 0.15) is 11.4 Å². The highest BCUT2D eigenvalue weighted by molar-refractivity contribution is 5.93. The van der Waals surface area contributed by atoms with Crippen LogP contribution in [0.25, 0.3) is 0 Å². The van der Waals surface area contributed by atoms with E-state index < -0.39 is 12.0 Å². The Bertz CT molecular complexity index is 758. The van der Waals surface area contributed by atoms with E-state index in [1.165, 1.54) is 12.0 Å². The molecular formula is C16H18N4O4. The number of anilines is 1. The molecule has 0 fully saturated rings. The van der Waals surface area contributed by atoms with Gasteiger partial charge in [-0.05, 0) is 12.1 Å². The van der Waals surface area contributed by atoms with Crippen LogP contribution in [0.3, 0.4) is 0 Å². The molecule has 2 amide bonds. The number of urea groups is 1. The van der Waals surface area contributed by atoms with Gasteiger partial charge in [0.2, 0.25) is 0 Å². The van der Waals surface area contributed by atoms with E-state index in [2.05, 4.69) is 15.3 Å². The van der Waals surface area contributed by atoms with E-state index in [1.807, 2.05) is 0 Å². The van der Waals surface area contributed by atoms with Crippen molar-refractivity contribution in [2.45, 2.75) is 19.0 Å². The third kappa shape index (κ3) is 3.03. The molecule has 3 rings (SSSR count). The van der Waals surface area contributed by atoms with E-state index in [-0.39, 0.29) is 12.6 Å². The summed E-state index contributed by atoms with van der Waals surface area (Å²) in [5, 5.41) is 2.78. The number of ether oxygens (including phenoxy) is 2. The molecule has 1 aliphatic heterocycles. The summed E-state index contributed by atoms with van der Waals surface area (Å²) in [6, 6.07) is 5.91. The molecule has 24 heavy (non-hydrogen) atoms. The number of nitrogens with one attached hydrogen (secondary N) is 2. The molecular weight excluding hydrogens is 312 g/mol. The predicted molar refractivity (Wildman–Crippen MR) is 85.7 cm³/mol. The summed E-state index contributed by atoms with van der Waals surface area (Å²) >= 11 is 0. The van der Waals surface area contributed by atoms with Crippen molar-refractivity contribution in [3.05, 3.63) is 42.0 Å². The van der Waals surface area contributed by atoms with Gasteiger partial charge in [0.25, 0.3) is 0 Å². The van der Waals surface area contributed by atoms with Crippen LogP contribution in [0, 0.1) is 0 Å². The van der Waals surface area contributed by atoms with E-state index >= 15 is 0 Å². The van der Waals surface area contributed by atoms with Crippen molar-refractivity contribution >= 4 is 17.7 Å². The van der Waals surface area contributed by atoms with Crippen LogP contribution in [-0.4, -0.2) is 47.1 Å². The number of fused-ring (bicyclic) bond motifs is 1. The van der Waals surface area contributed by atoms with E-state index in [9.17, 15) is 9.59 Å². The number of esters is 1. The van der Waals surface area contributed by atoms with Gasteiger partial charge >= 0.3 is 12.0 Å². The van der Waals surface area contributed by atoms with E-state index in [0.717, 1.165) is 11.4 Å². The number of methoxy groups -OCH3 is 2. The lowest BCUT2D eigenvalue weighted by atomic mass is 10.0. The average molecular weight is 330 g/mol. The highest BCUT2D eigenvalue weighted by Crippen LogP contribution is 2.23. The Morgan fingerprint density at radius 3 is 2.96 bits per heavy atom. The first-order valence-electron chi connectivity index (χ1n) is 7.43. The first-order chi connectivity index (χ1) is 11.6. The van der Waals surface area contributed by atoms with Crippen LogP contribution >= 0.6 is 0 Å². The standard InChI is InChI=1S/C16H18N4O4/c1-23-11-5-3-4-10(6-11)19-16(22)20-8-13-12(17-9-18-13)7-14(20)15(21)24-2/h3-6,9,14H,7-8H2,1-2H3,(H,17,18)(H,19,22). The van der Waals surface area contributed by atoms with Crippen molar-refractivity contribution in [2.75, 3.05) is 19.5 Å². The largest absolute Gasteiger partial charge is 0.497 e. The third-order valence-electron chi connectivity index (χ3n) is 3.95. The second-order valence-electron chi connectivity index (χ2n) is 5.36. The van der Waals surface area contributed by atoms with Gasteiger partial charge in [-0.2, -0.15) is 0 Å². The molecule has 8 nitrogen and oxygen atoms in total. The number of aromatic nitrogens is 2. The summed E-state index contributed by atoms with van der Waals surface area (Å²) in [7, 11) is 2.86. The van der Waals surface area contributed by atoms with Gasteiger partial charge in [-0.1, -0.05) is 6.07 Å². The molecule has 0 radical (unpaired) electrons. The minimum absolute atomic E-state index is 0.255. The van der Waals surface area contributed by atoms with Crippen molar-refractivity contribution in [1.82, 2.24) is 14.9 Å². The Hall–Kier alpha value is -3.03. The Balaban J connectivity index is 1.82. The maximum atomic E-state index is 12.7.